The van der Waals surface area contributed by atoms with Gasteiger partial charge in [-0.15, -0.1) is 0 Å². The van der Waals surface area contributed by atoms with Crippen LogP contribution >= 0.6 is 11.8 Å². The van der Waals surface area contributed by atoms with Gasteiger partial charge in [-0.3, -0.25) is 9.69 Å². The number of nitrogens with one attached hydrogen (secondary N) is 1. The standard InChI is InChI=1S/C31H34N2O4S/c34-29(27-18-10-17-26(19-27)25-15-8-3-9-16-25)33(20-23-11-4-1-5-12-23)31(37)32-28(30(35)36)22-38-21-24-13-6-2-7-14-24/h2-3,6-10,13-19,23,28H,1,4-5,11-12,20-22H2,(H,32,37)(H,35,36)/t28-/m0/s1. The molecule has 0 spiro atoms. The molecular formula is C31H34N2O4S. The fourth-order valence-corrected chi connectivity index (χ4v) is 5.78. The van der Waals surface area contributed by atoms with Crippen molar-refractivity contribution in [1.29, 1.82) is 0 Å². The van der Waals surface area contributed by atoms with Crippen molar-refractivity contribution in [3.63, 3.8) is 0 Å². The fourth-order valence-electron chi connectivity index (χ4n) is 4.77. The number of nitrogens with zero attached hydrogens (tertiary/aromatic N) is 1. The van der Waals surface area contributed by atoms with E-state index in [1.165, 1.54) is 16.7 Å². The molecule has 0 saturated heterocycles. The van der Waals surface area contributed by atoms with Gasteiger partial charge in [0.2, 0.25) is 0 Å². The number of hydrogen-bond donors (Lipinski definition) is 2. The summed E-state index contributed by atoms with van der Waals surface area (Å²) in [6.07, 6.45) is 5.22. The summed E-state index contributed by atoms with van der Waals surface area (Å²) in [6.45, 7) is 0.281. The van der Waals surface area contributed by atoms with Crippen molar-refractivity contribution in [2.24, 2.45) is 5.92 Å². The lowest BCUT2D eigenvalue weighted by Gasteiger charge is -2.29. The first-order valence-electron chi connectivity index (χ1n) is 13.1. The average Bonchev–Trinajstić information content (AvgIpc) is 2.96. The van der Waals surface area contributed by atoms with E-state index < -0.39 is 23.9 Å². The van der Waals surface area contributed by atoms with Gasteiger partial charge in [-0.1, -0.05) is 92.1 Å². The number of rotatable bonds is 10. The number of amides is 3. The second-order valence-corrected chi connectivity index (χ2v) is 10.7. The number of urea groups is 1. The Kier molecular flexibility index (Phi) is 9.98. The Morgan fingerprint density at radius 2 is 1.53 bits per heavy atom. The molecule has 4 rings (SSSR count). The second kappa shape index (κ2) is 13.8. The first-order valence-corrected chi connectivity index (χ1v) is 14.3. The van der Waals surface area contributed by atoms with Crippen LogP contribution in [0.25, 0.3) is 11.1 Å². The third-order valence-electron chi connectivity index (χ3n) is 6.86. The molecule has 0 aromatic heterocycles. The zero-order chi connectivity index (χ0) is 26.7. The van der Waals surface area contributed by atoms with Crippen LogP contribution in [0.1, 0.15) is 48.0 Å². The van der Waals surface area contributed by atoms with E-state index in [0.29, 0.717) is 11.3 Å². The van der Waals surface area contributed by atoms with Crippen LogP contribution < -0.4 is 5.32 Å². The molecule has 7 heteroatoms. The predicted octanol–water partition coefficient (Wildman–Crippen LogP) is 6.47. The number of thioether (sulfide) groups is 1. The van der Waals surface area contributed by atoms with Crippen LogP contribution in [0.2, 0.25) is 0 Å². The van der Waals surface area contributed by atoms with Crippen LogP contribution in [0.3, 0.4) is 0 Å². The number of hydrogen-bond acceptors (Lipinski definition) is 4. The van der Waals surface area contributed by atoms with Gasteiger partial charge in [0.25, 0.3) is 5.91 Å². The highest BCUT2D eigenvalue weighted by atomic mass is 32.2. The molecule has 0 bridgehead atoms. The van der Waals surface area contributed by atoms with Gasteiger partial charge in [0.15, 0.2) is 0 Å². The molecule has 1 saturated carbocycles. The van der Waals surface area contributed by atoms with Crippen molar-refractivity contribution in [3.05, 3.63) is 96.1 Å². The lowest BCUT2D eigenvalue weighted by Crippen LogP contribution is -2.52. The Labute approximate surface area is 228 Å². The van der Waals surface area contributed by atoms with E-state index in [2.05, 4.69) is 5.32 Å². The van der Waals surface area contributed by atoms with Gasteiger partial charge in [-0.2, -0.15) is 11.8 Å². The van der Waals surface area contributed by atoms with Crippen LogP contribution in [0.5, 0.6) is 0 Å². The number of benzene rings is 3. The van der Waals surface area contributed by atoms with Crippen molar-refractivity contribution >= 4 is 29.7 Å². The fraction of sp³-hybridized carbons (Fsp3) is 0.323. The van der Waals surface area contributed by atoms with Crippen LogP contribution in [0, 0.1) is 5.92 Å². The largest absolute Gasteiger partial charge is 0.480 e. The molecule has 1 aliphatic carbocycles. The highest BCUT2D eigenvalue weighted by Gasteiger charge is 2.30. The Balaban J connectivity index is 1.50. The molecule has 3 aromatic carbocycles. The van der Waals surface area contributed by atoms with Crippen molar-refractivity contribution < 1.29 is 19.5 Å². The summed E-state index contributed by atoms with van der Waals surface area (Å²) in [6, 6.07) is 25.0. The van der Waals surface area contributed by atoms with Crippen LogP contribution in [0.15, 0.2) is 84.9 Å². The smallest absolute Gasteiger partial charge is 0.327 e. The molecule has 1 atom stereocenters. The average molecular weight is 531 g/mol. The number of carbonyl (C=O) groups excluding carboxylic acids is 2. The molecule has 0 heterocycles. The number of aliphatic carboxylic acids is 1. The zero-order valence-electron chi connectivity index (χ0n) is 21.4. The summed E-state index contributed by atoms with van der Waals surface area (Å²) in [4.78, 5) is 40.4. The molecule has 3 aromatic rings. The molecule has 1 fully saturated rings. The molecule has 2 N–H and O–H groups in total. The molecule has 0 unspecified atom stereocenters. The minimum absolute atomic E-state index is 0.199. The summed E-state index contributed by atoms with van der Waals surface area (Å²) in [7, 11) is 0. The van der Waals surface area contributed by atoms with Crippen molar-refractivity contribution in [3.8, 4) is 11.1 Å². The Morgan fingerprint density at radius 3 is 2.21 bits per heavy atom. The molecule has 38 heavy (non-hydrogen) atoms. The summed E-state index contributed by atoms with van der Waals surface area (Å²) >= 11 is 1.44. The number of carboxylic acid groups (broad SMARTS) is 1. The van der Waals surface area contributed by atoms with E-state index in [4.69, 9.17) is 0 Å². The topological polar surface area (TPSA) is 86.7 Å². The second-order valence-electron chi connectivity index (χ2n) is 9.71. The van der Waals surface area contributed by atoms with Gasteiger partial charge < -0.3 is 10.4 Å². The highest BCUT2D eigenvalue weighted by Crippen LogP contribution is 2.26. The Morgan fingerprint density at radius 1 is 0.868 bits per heavy atom. The van der Waals surface area contributed by atoms with Crippen LogP contribution in [-0.2, 0) is 10.5 Å². The Hall–Kier alpha value is -3.58. The molecule has 0 radical (unpaired) electrons. The van der Waals surface area contributed by atoms with E-state index >= 15 is 0 Å². The molecule has 198 valence electrons. The number of carbonyl (C=O) groups is 3. The van der Waals surface area contributed by atoms with Crippen molar-refractivity contribution in [2.45, 2.75) is 43.9 Å². The summed E-state index contributed by atoms with van der Waals surface area (Å²) in [5.74, 6) is -0.476. The Bertz CT molecular complexity index is 1210. The SMILES string of the molecule is O=C(O)[C@H](CSCc1ccccc1)NC(=O)N(CC1CCCCC1)C(=O)c1cccc(-c2ccccc2)c1. The minimum atomic E-state index is -1.12. The molecule has 0 aliphatic heterocycles. The third kappa shape index (κ3) is 7.71. The summed E-state index contributed by atoms with van der Waals surface area (Å²) < 4.78 is 0. The van der Waals surface area contributed by atoms with Crippen LogP contribution in [0.4, 0.5) is 4.79 Å². The van der Waals surface area contributed by atoms with E-state index in [1.54, 1.807) is 12.1 Å². The van der Waals surface area contributed by atoms with Gasteiger partial charge in [0.1, 0.15) is 6.04 Å². The lowest BCUT2D eigenvalue weighted by atomic mass is 9.89. The molecule has 1 aliphatic rings. The van der Waals surface area contributed by atoms with Gasteiger partial charge in [0.05, 0.1) is 0 Å². The maximum Gasteiger partial charge on any atom is 0.327 e. The monoisotopic (exact) mass is 530 g/mol. The highest BCUT2D eigenvalue weighted by molar-refractivity contribution is 7.98. The minimum Gasteiger partial charge on any atom is -0.480 e. The first-order chi connectivity index (χ1) is 18.5. The van der Waals surface area contributed by atoms with Gasteiger partial charge in [-0.05, 0) is 47.6 Å². The molecule has 6 nitrogen and oxygen atoms in total. The van der Waals surface area contributed by atoms with E-state index in [1.807, 2.05) is 72.8 Å². The van der Waals surface area contributed by atoms with Gasteiger partial charge in [-0.25, -0.2) is 9.59 Å². The van der Waals surface area contributed by atoms with Crippen molar-refractivity contribution in [2.75, 3.05) is 12.3 Å². The summed E-state index contributed by atoms with van der Waals surface area (Å²) in [5, 5.41) is 12.4. The van der Waals surface area contributed by atoms with E-state index in [9.17, 15) is 19.5 Å². The maximum absolute atomic E-state index is 13.7. The summed E-state index contributed by atoms with van der Waals surface area (Å²) in [5.41, 5.74) is 3.35. The maximum atomic E-state index is 13.7. The quantitative estimate of drug-likeness (QED) is 0.314. The third-order valence-corrected chi connectivity index (χ3v) is 7.97. The normalized spacial score (nSPS) is 14.4. The number of carboxylic acids is 1. The van der Waals surface area contributed by atoms with Gasteiger partial charge in [0, 0.05) is 23.6 Å². The predicted molar refractivity (Wildman–Crippen MR) is 152 cm³/mol. The first kappa shape index (κ1) is 27.5. The van der Waals surface area contributed by atoms with E-state index in [0.717, 1.165) is 48.8 Å². The number of imide groups is 1. The zero-order valence-corrected chi connectivity index (χ0v) is 22.2. The van der Waals surface area contributed by atoms with Gasteiger partial charge >= 0.3 is 12.0 Å². The van der Waals surface area contributed by atoms with E-state index in [-0.39, 0.29) is 18.2 Å². The molecule has 3 amide bonds. The molecular weight excluding hydrogens is 496 g/mol. The lowest BCUT2D eigenvalue weighted by molar-refractivity contribution is -0.138. The van der Waals surface area contributed by atoms with Crippen LogP contribution in [-0.4, -0.2) is 46.3 Å². The van der Waals surface area contributed by atoms with Crippen molar-refractivity contribution in [1.82, 2.24) is 10.2 Å².